The molecule has 0 aliphatic heterocycles. The van der Waals surface area contributed by atoms with Gasteiger partial charge in [0.2, 0.25) is 0 Å². The van der Waals surface area contributed by atoms with Crippen LogP contribution < -0.4 is 11.1 Å². The fraction of sp³-hybridized carbons (Fsp3) is 0.364. The van der Waals surface area contributed by atoms with Crippen LogP contribution in [0.4, 0.5) is 5.82 Å². The second-order valence-corrected chi connectivity index (χ2v) is 3.25. The van der Waals surface area contributed by atoms with Crippen LogP contribution in [-0.4, -0.2) is 30.0 Å². The zero-order valence-electron chi connectivity index (χ0n) is 9.60. The first-order chi connectivity index (χ1) is 8.15. The third-order valence-electron chi connectivity index (χ3n) is 2.00. The zero-order chi connectivity index (χ0) is 12.7. The molecule has 0 saturated heterocycles. The highest BCUT2D eigenvalue weighted by Crippen LogP contribution is 2.05. The molecule has 1 amide bonds. The molecule has 0 unspecified atom stereocenters. The maximum atomic E-state index is 11.6. The largest absolute Gasteiger partial charge is 0.466 e. The topological polar surface area (TPSA) is 94.3 Å². The first-order valence-corrected chi connectivity index (χ1v) is 5.29. The van der Waals surface area contributed by atoms with E-state index in [1.165, 1.54) is 6.20 Å². The van der Waals surface area contributed by atoms with Crippen molar-refractivity contribution in [1.82, 2.24) is 10.3 Å². The van der Waals surface area contributed by atoms with Gasteiger partial charge in [0.15, 0.2) is 0 Å². The molecule has 1 heterocycles. The lowest BCUT2D eigenvalue weighted by Crippen LogP contribution is -2.27. The van der Waals surface area contributed by atoms with Gasteiger partial charge in [-0.3, -0.25) is 9.59 Å². The van der Waals surface area contributed by atoms with Gasteiger partial charge in [-0.1, -0.05) is 0 Å². The smallest absolute Gasteiger partial charge is 0.307 e. The van der Waals surface area contributed by atoms with Crippen molar-refractivity contribution in [3.63, 3.8) is 0 Å². The molecule has 0 aromatic carbocycles. The first kappa shape index (κ1) is 13.0. The van der Waals surface area contributed by atoms with Gasteiger partial charge in [-0.15, -0.1) is 0 Å². The van der Waals surface area contributed by atoms with Gasteiger partial charge in [0.25, 0.3) is 5.91 Å². The number of anilines is 1. The van der Waals surface area contributed by atoms with E-state index < -0.39 is 0 Å². The molecule has 1 rings (SSSR count). The predicted octanol–water partition coefficient (Wildman–Crippen LogP) is 0.347. The molecule has 6 nitrogen and oxygen atoms in total. The number of esters is 1. The standard InChI is InChI=1S/C11H15N3O3/c1-2-17-9(15)5-7-14-11(16)8-4-3-6-13-10(8)12/h3-4,6H,2,5,7H2,1H3,(H2,12,13)(H,14,16). The number of pyridine rings is 1. The van der Waals surface area contributed by atoms with E-state index in [1.54, 1.807) is 19.1 Å². The molecule has 0 atom stereocenters. The second kappa shape index (κ2) is 6.47. The normalized spacial score (nSPS) is 9.71. The zero-order valence-corrected chi connectivity index (χ0v) is 9.60. The Morgan fingerprint density at radius 1 is 1.53 bits per heavy atom. The van der Waals surface area contributed by atoms with Gasteiger partial charge >= 0.3 is 5.97 Å². The number of carbonyl (C=O) groups is 2. The Balaban J connectivity index is 2.41. The van der Waals surface area contributed by atoms with E-state index >= 15 is 0 Å². The second-order valence-electron chi connectivity index (χ2n) is 3.25. The summed E-state index contributed by atoms with van der Waals surface area (Å²) < 4.78 is 4.73. The SMILES string of the molecule is CCOC(=O)CCNC(=O)c1cccnc1N. The summed E-state index contributed by atoms with van der Waals surface area (Å²) in [6, 6.07) is 3.19. The molecular weight excluding hydrogens is 222 g/mol. The quantitative estimate of drug-likeness (QED) is 0.720. The number of hydrogen-bond acceptors (Lipinski definition) is 5. The molecule has 0 bridgehead atoms. The Labute approximate surface area is 99.2 Å². The minimum Gasteiger partial charge on any atom is -0.466 e. The molecule has 3 N–H and O–H groups in total. The highest BCUT2D eigenvalue weighted by molar-refractivity contribution is 5.98. The van der Waals surface area contributed by atoms with Crippen LogP contribution in [-0.2, 0) is 9.53 Å². The van der Waals surface area contributed by atoms with Crippen LogP contribution in [0, 0.1) is 0 Å². The summed E-state index contributed by atoms with van der Waals surface area (Å²) in [6.07, 6.45) is 1.64. The van der Waals surface area contributed by atoms with Crippen molar-refractivity contribution in [2.24, 2.45) is 0 Å². The Bertz CT molecular complexity index is 407. The van der Waals surface area contributed by atoms with Crippen LogP contribution in [0.1, 0.15) is 23.7 Å². The van der Waals surface area contributed by atoms with Crippen molar-refractivity contribution < 1.29 is 14.3 Å². The molecule has 0 fully saturated rings. The lowest BCUT2D eigenvalue weighted by Gasteiger charge is -2.06. The summed E-state index contributed by atoms with van der Waals surface area (Å²) in [7, 11) is 0. The maximum Gasteiger partial charge on any atom is 0.307 e. The average molecular weight is 237 g/mol. The van der Waals surface area contributed by atoms with E-state index in [9.17, 15) is 9.59 Å². The molecule has 0 spiro atoms. The number of hydrogen-bond donors (Lipinski definition) is 2. The molecule has 1 aromatic heterocycles. The maximum absolute atomic E-state index is 11.6. The number of amides is 1. The fourth-order valence-electron chi connectivity index (χ4n) is 1.22. The first-order valence-electron chi connectivity index (χ1n) is 5.29. The number of nitrogen functional groups attached to an aromatic ring is 1. The van der Waals surface area contributed by atoms with Crippen LogP contribution in [0.15, 0.2) is 18.3 Å². The monoisotopic (exact) mass is 237 g/mol. The average Bonchev–Trinajstić information content (AvgIpc) is 2.29. The number of nitrogens with zero attached hydrogens (tertiary/aromatic N) is 1. The van der Waals surface area contributed by atoms with Crippen LogP contribution in [0.25, 0.3) is 0 Å². The van der Waals surface area contributed by atoms with Crippen LogP contribution in [0.2, 0.25) is 0 Å². The Hall–Kier alpha value is -2.11. The van der Waals surface area contributed by atoms with Gasteiger partial charge in [0, 0.05) is 12.7 Å². The molecule has 6 heteroatoms. The van der Waals surface area contributed by atoms with E-state index in [4.69, 9.17) is 10.5 Å². The van der Waals surface area contributed by atoms with Crippen molar-refractivity contribution in [1.29, 1.82) is 0 Å². The molecule has 17 heavy (non-hydrogen) atoms. The van der Waals surface area contributed by atoms with Crippen molar-refractivity contribution in [3.8, 4) is 0 Å². The Kier molecular flexibility index (Phi) is 4.93. The van der Waals surface area contributed by atoms with Gasteiger partial charge in [-0.2, -0.15) is 0 Å². The lowest BCUT2D eigenvalue weighted by atomic mass is 10.2. The van der Waals surface area contributed by atoms with Crippen LogP contribution in [0.3, 0.4) is 0 Å². The van der Waals surface area contributed by atoms with E-state index in [0.717, 1.165) is 0 Å². The van der Waals surface area contributed by atoms with Crippen molar-refractivity contribution in [3.05, 3.63) is 23.9 Å². The molecule has 0 radical (unpaired) electrons. The fourth-order valence-corrected chi connectivity index (χ4v) is 1.22. The molecule has 0 saturated carbocycles. The van der Waals surface area contributed by atoms with Gasteiger partial charge in [0.05, 0.1) is 18.6 Å². The predicted molar refractivity (Wildman–Crippen MR) is 62.2 cm³/mol. The molecular formula is C11H15N3O3. The van der Waals surface area contributed by atoms with Crippen LogP contribution >= 0.6 is 0 Å². The van der Waals surface area contributed by atoms with E-state index in [0.29, 0.717) is 12.2 Å². The summed E-state index contributed by atoms with van der Waals surface area (Å²) >= 11 is 0. The summed E-state index contributed by atoms with van der Waals surface area (Å²) in [6.45, 7) is 2.28. The highest BCUT2D eigenvalue weighted by atomic mass is 16.5. The summed E-state index contributed by atoms with van der Waals surface area (Å²) in [5, 5.41) is 2.57. The summed E-state index contributed by atoms with van der Waals surface area (Å²) in [5.74, 6) is -0.520. The number of ether oxygens (including phenoxy) is 1. The van der Waals surface area contributed by atoms with Gasteiger partial charge in [-0.05, 0) is 19.1 Å². The third kappa shape index (κ3) is 4.10. The Morgan fingerprint density at radius 3 is 2.94 bits per heavy atom. The molecule has 1 aromatic rings. The van der Waals surface area contributed by atoms with Crippen molar-refractivity contribution in [2.75, 3.05) is 18.9 Å². The van der Waals surface area contributed by atoms with Gasteiger partial charge in [0.1, 0.15) is 5.82 Å². The minimum absolute atomic E-state index is 0.139. The molecule has 0 aliphatic carbocycles. The number of nitrogens with one attached hydrogen (secondary N) is 1. The lowest BCUT2D eigenvalue weighted by molar-refractivity contribution is -0.142. The van der Waals surface area contributed by atoms with Gasteiger partial charge < -0.3 is 15.8 Å². The van der Waals surface area contributed by atoms with Gasteiger partial charge in [-0.25, -0.2) is 4.98 Å². The number of carbonyl (C=O) groups excluding carboxylic acids is 2. The Morgan fingerprint density at radius 2 is 2.29 bits per heavy atom. The van der Waals surface area contributed by atoms with Crippen molar-refractivity contribution in [2.45, 2.75) is 13.3 Å². The minimum atomic E-state index is -0.347. The van der Waals surface area contributed by atoms with E-state index in [-0.39, 0.29) is 30.7 Å². The van der Waals surface area contributed by atoms with E-state index in [2.05, 4.69) is 10.3 Å². The summed E-state index contributed by atoms with van der Waals surface area (Å²) in [4.78, 5) is 26.4. The van der Waals surface area contributed by atoms with Crippen LogP contribution in [0.5, 0.6) is 0 Å². The molecule has 92 valence electrons. The van der Waals surface area contributed by atoms with E-state index in [1.807, 2.05) is 0 Å². The summed E-state index contributed by atoms with van der Waals surface area (Å²) in [5.41, 5.74) is 5.84. The van der Waals surface area contributed by atoms with Crippen molar-refractivity contribution >= 4 is 17.7 Å². The number of nitrogens with two attached hydrogens (primary N) is 1. The number of aromatic nitrogens is 1. The number of rotatable bonds is 5. The molecule has 0 aliphatic rings. The highest BCUT2D eigenvalue weighted by Gasteiger charge is 2.10. The third-order valence-corrected chi connectivity index (χ3v) is 2.00.